The lowest BCUT2D eigenvalue weighted by Gasteiger charge is -1.93. The van der Waals surface area contributed by atoms with E-state index in [1.54, 1.807) is 0 Å². The van der Waals surface area contributed by atoms with Crippen molar-refractivity contribution in [1.29, 1.82) is 0 Å². The van der Waals surface area contributed by atoms with Gasteiger partial charge in [0.25, 0.3) is 0 Å². The van der Waals surface area contributed by atoms with Gasteiger partial charge in [-0.3, -0.25) is 4.79 Å². The summed E-state index contributed by atoms with van der Waals surface area (Å²) in [4.78, 5) is 30.2. The molecule has 2 N–H and O–H groups in total. The molecule has 0 radical (unpaired) electrons. The van der Waals surface area contributed by atoms with Crippen LogP contribution in [0.25, 0.3) is 0 Å². The first-order valence-electron chi connectivity index (χ1n) is 3.59. The third-order valence-electron chi connectivity index (χ3n) is 1.46. The van der Waals surface area contributed by atoms with Crippen LogP contribution in [0, 0.1) is 10.1 Å². The van der Waals surface area contributed by atoms with E-state index in [2.05, 4.69) is 5.10 Å². The van der Waals surface area contributed by atoms with E-state index in [9.17, 15) is 19.7 Å². The van der Waals surface area contributed by atoms with Crippen molar-refractivity contribution in [3.05, 3.63) is 21.9 Å². The molecule has 1 aromatic rings. The van der Waals surface area contributed by atoms with E-state index in [1.165, 1.54) is 0 Å². The van der Waals surface area contributed by atoms with Crippen LogP contribution in [0.5, 0.6) is 0 Å². The Labute approximate surface area is 81.7 Å². The Kier molecular flexibility index (Phi) is 2.65. The zero-order valence-electron chi connectivity index (χ0n) is 7.15. The second-order valence-electron chi connectivity index (χ2n) is 2.50. The lowest BCUT2D eigenvalue weighted by Crippen LogP contribution is -2.15. The molecule has 15 heavy (non-hydrogen) atoms. The van der Waals surface area contributed by atoms with Gasteiger partial charge in [-0.05, 0) is 4.92 Å². The third-order valence-corrected chi connectivity index (χ3v) is 1.46. The minimum absolute atomic E-state index is 0.538. The van der Waals surface area contributed by atoms with E-state index in [-0.39, 0.29) is 0 Å². The summed E-state index contributed by atoms with van der Waals surface area (Å²) in [7, 11) is 0. The second kappa shape index (κ2) is 3.74. The molecule has 9 nitrogen and oxygen atoms in total. The van der Waals surface area contributed by atoms with Gasteiger partial charge in [-0.2, -0.15) is 4.68 Å². The fraction of sp³-hybridized carbons (Fsp3) is 0.167. The molecule has 0 bridgehead atoms. The van der Waals surface area contributed by atoms with Crippen LogP contribution >= 0.6 is 0 Å². The maximum atomic E-state index is 10.6. The van der Waals surface area contributed by atoms with E-state index >= 15 is 0 Å². The third kappa shape index (κ3) is 2.27. The normalized spacial score (nSPS) is 9.87. The molecule has 1 aromatic heterocycles. The Morgan fingerprint density at radius 3 is 2.53 bits per heavy atom. The van der Waals surface area contributed by atoms with E-state index in [4.69, 9.17) is 10.2 Å². The van der Waals surface area contributed by atoms with E-state index in [0.717, 1.165) is 0 Å². The first-order chi connectivity index (χ1) is 6.91. The van der Waals surface area contributed by atoms with Gasteiger partial charge >= 0.3 is 17.8 Å². The van der Waals surface area contributed by atoms with Crippen LogP contribution in [0.3, 0.4) is 0 Å². The molecular weight excluding hydrogens is 210 g/mol. The zero-order valence-corrected chi connectivity index (χ0v) is 7.15. The molecule has 0 aliphatic carbocycles. The van der Waals surface area contributed by atoms with Gasteiger partial charge in [-0.15, -0.1) is 0 Å². The summed E-state index contributed by atoms with van der Waals surface area (Å²) in [6.07, 6.45) is 0. The lowest BCUT2D eigenvalue weighted by atomic mass is 10.4. The van der Waals surface area contributed by atoms with Gasteiger partial charge in [0.2, 0.25) is 0 Å². The van der Waals surface area contributed by atoms with Crippen LogP contribution in [-0.2, 0) is 11.3 Å². The molecule has 0 fully saturated rings. The van der Waals surface area contributed by atoms with Crippen molar-refractivity contribution in [1.82, 2.24) is 9.78 Å². The minimum Gasteiger partial charge on any atom is -0.480 e. The number of carbonyl (C=O) groups is 2. The number of carboxylic acid groups (broad SMARTS) is 2. The Morgan fingerprint density at radius 1 is 1.53 bits per heavy atom. The number of carboxylic acids is 2. The van der Waals surface area contributed by atoms with Gasteiger partial charge in [0, 0.05) is 0 Å². The molecule has 0 aliphatic heterocycles. The summed E-state index contributed by atoms with van der Waals surface area (Å²) in [6, 6.07) is 0.700. The molecule has 80 valence electrons. The van der Waals surface area contributed by atoms with Crippen molar-refractivity contribution < 1.29 is 24.7 Å². The summed E-state index contributed by atoms with van der Waals surface area (Å²) in [5.74, 6) is -3.51. The van der Waals surface area contributed by atoms with Gasteiger partial charge in [0.1, 0.15) is 0 Å². The number of nitro groups is 1. The van der Waals surface area contributed by atoms with Crippen molar-refractivity contribution in [2.24, 2.45) is 0 Å². The molecular formula is C6H5N3O6. The van der Waals surface area contributed by atoms with Crippen molar-refractivity contribution in [2.75, 3.05) is 0 Å². The smallest absolute Gasteiger partial charge is 0.390 e. The molecule has 0 aliphatic rings. The van der Waals surface area contributed by atoms with E-state index in [0.29, 0.717) is 10.7 Å². The number of rotatable bonds is 4. The fourth-order valence-corrected chi connectivity index (χ4v) is 0.913. The topological polar surface area (TPSA) is 136 Å². The van der Waals surface area contributed by atoms with Gasteiger partial charge in [-0.25, -0.2) is 4.79 Å². The summed E-state index contributed by atoms with van der Waals surface area (Å²) >= 11 is 0. The van der Waals surface area contributed by atoms with Gasteiger partial charge in [0.15, 0.2) is 12.2 Å². The van der Waals surface area contributed by atoms with Crippen LogP contribution in [0.4, 0.5) is 5.82 Å². The Balaban J connectivity index is 3.17. The fourth-order valence-electron chi connectivity index (χ4n) is 0.913. The second-order valence-corrected chi connectivity index (χ2v) is 2.50. The Hall–Kier alpha value is -2.45. The van der Waals surface area contributed by atoms with Crippen LogP contribution < -0.4 is 0 Å². The highest BCUT2D eigenvalue weighted by atomic mass is 16.6. The highest BCUT2D eigenvalue weighted by Gasteiger charge is 2.23. The molecule has 0 unspecified atom stereocenters. The summed E-state index contributed by atoms with van der Waals surface area (Å²) in [5, 5.41) is 30.5. The minimum atomic E-state index is -1.48. The summed E-state index contributed by atoms with van der Waals surface area (Å²) < 4.78 is 0.544. The molecule has 0 saturated heterocycles. The number of aromatic nitrogens is 2. The lowest BCUT2D eigenvalue weighted by molar-refractivity contribution is -0.389. The van der Waals surface area contributed by atoms with Crippen molar-refractivity contribution in [3.63, 3.8) is 0 Å². The van der Waals surface area contributed by atoms with Crippen molar-refractivity contribution >= 4 is 17.8 Å². The Morgan fingerprint density at radius 2 is 2.13 bits per heavy atom. The highest BCUT2D eigenvalue weighted by molar-refractivity contribution is 5.86. The Bertz CT molecular complexity index is 436. The van der Waals surface area contributed by atoms with Gasteiger partial charge in [-0.1, -0.05) is 0 Å². The first kappa shape index (κ1) is 10.6. The van der Waals surface area contributed by atoms with Crippen LogP contribution in [0.15, 0.2) is 6.07 Å². The van der Waals surface area contributed by atoms with Crippen molar-refractivity contribution in [3.8, 4) is 0 Å². The average Bonchev–Trinajstić information content (AvgIpc) is 2.46. The maximum Gasteiger partial charge on any atom is 0.390 e. The maximum absolute atomic E-state index is 10.6. The molecule has 0 aromatic carbocycles. The number of hydrogen-bond donors (Lipinski definition) is 2. The molecule has 0 amide bonds. The monoisotopic (exact) mass is 215 g/mol. The van der Waals surface area contributed by atoms with Gasteiger partial charge < -0.3 is 20.3 Å². The van der Waals surface area contributed by atoms with Crippen LogP contribution in [0.1, 0.15) is 10.5 Å². The standard InChI is InChI=1S/C6H5N3O6/c10-5(11)2-8-3(6(12)13)1-4(7-8)9(14)15/h1H,2H2,(H,10,11)(H,12,13). The van der Waals surface area contributed by atoms with Gasteiger partial charge in [0.05, 0.1) is 11.2 Å². The average molecular weight is 215 g/mol. The molecule has 0 spiro atoms. The highest BCUT2D eigenvalue weighted by Crippen LogP contribution is 2.11. The molecule has 9 heteroatoms. The number of aliphatic carboxylic acids is 1. The van der Waals surface area contributed by atoms with Crippen molar-refractivity contribution in [2.45, 2.75) is 6.54 Å². The molecule has 1 rings (SSSR count). The van der Waals surface area contributed by atoms with E-state index in [1.807, 2.05) is 0 Å². The number of aromatic carboxylic acids is 1. The largest absolute Gasteiger partial charge is 0.480 e. The first-order valence-corrected chi connectivity index (χ1v) is 3.59. The molecule has 0 atom stereocenters. The summed E-state index contributed by atoms with van der Waals surface area (Å²) in [5.41, 5.74) is -0.538. The zero-order chi connectivity index (χ0) is 11.6. The predicted octanol–water partition coefficient (Wildman–Crippen LogP) is -0.426. The molecule has 0 saturated carbocycles. The predicted molar refractivity (Wildman–Crippen MR) is 43.5 cm³/mol. The molecule has 1 heterocycles. The number of hydrogen-bond acceptors (Lipinski definition) is 5. The van der Waals surface area contributed by atoms with Crippen LogP contribution in [0.2, 0.25) is 0 Å². The number of nitrogens with zero attached hydrogens (tertiary/aromatic N) is 3. The SMILES string of the molecule is O=C(O)Cn1nc([N+](=O)[O-])cc1C(=O)O. The van der Waals surface area contributed by atoms with Crippen LogP contribution in [-0.4, -0.2) is 36.9 Å². The summed E-state index contributed by atoms with van der Waals surface area (Å²) in [6.45, 7) is -0.741. The quantitative estimate of drug-likeness (QED) is 0.513. The van der Waals surface area contributed by atoms with E-state index < -0.39 is 34.9 Å².